The number of nitrogens with one attached hydrogen (secondary N) is 2. The van der Waals surface area contributed by atoms with E-state index in [-0.39, 0.29) is 29.9 Å². The number of carbonyl (C=O) groups is 1. The average molecular weight is 468 g/mol. The molecule has 1 aromatic carbocycles. The van der Waals surface area contributed by atoms with E-state index in [2.05, 4.69) is 20.4 Å². The minimum atomic E-state index is -0.130. The summed E-state index contributed by atoms with van der Waals surface area (Å²) >= 11 is 5.87. The number of hydrogen-bond donors (Lipinski definition) is 2. The third-order valence-electron chi connectivity index (χ3n) is 3.42. The Morgan fingerprint density at radius 1 is 1.12 bits per heavy atom. The highest BCUT2D eigenvalue weighted by Crippen LogP contribution is 2.09. The fourth-order valence-corrected chi connectivity index (χ4v) is 2.19. The number of esters is 1. The zero-order chi connectivity index (χ0) is 16.9. The second-order valence-electron chi connectivity index (χ2n) is 5.22. The molecule has 2 N–H and O–H groups in total. The van der Waals surface area contributed by atoms with E-state index in [1.165, 1.54) is 7.11 Å². The third-order valence-corrected chi connectivity index (χ3v) is 3.68. The predicted octanol–water partition coefficient (Wildman–Crippen LogP) is 3.75. The summed E-state index contributed by atoms with van der Waals surface area (Å²) in [4.78, 5) is 15.2. The Balaban J connectivity index is 0.00000529. The van der Waals surface area contributed by atoms with Gasteiger partial charge in [-0.15, -0.1) is 24.0 Å². The lowest BCUT2D eigenvalue weighted by Crippen LogP contribution is -2.37. The Morgan fingerprint density at radius 3 is 2.42 bits per heavy atom. The summed E-state index contributed by atoms with van der Waals surface area (Å²) in [6, 6.07) is 7.74. The van der Waals surface area contributed by atoms with E-state index in [9.17, 15) is 4.79 Å². The highest BCUT2D eigenvalue weighted by molar-refractivity contribution is 14.0. The van der Waals surface area contributed by atoms with Crippen LogP contribution in [-0.2, 0) is 16.1 Å². The molecule has 0 aliphatic heterocycles. The summed E-state index contributed by atoms with van der Waals surface area (Å²) in [6.07, 6.45) is 4.55. The molecule has 0 bridgehead atoms. The van der Waals surface area contributed by atoms with Gasteiger partial charge in [0, 0.05) is 31.6 Å². The Labute approximate surface area is 166 Å². The summed E-state index contributed by atoms with van der Waals surface area (Å²) in [5.41, 5.74) is 1.15. The molecule has 1 aromatic rings. The number of rotatable bonds is 9. The molecule has 0 fully saturated rings. The largest absolute Gasteiger partial charge is 0.469 e. The van der Waals surface area contributed by atoms with E-state index >= 15 is 0 Å². The normalized spacial score (nSPS) is 10.7. The van der Waals surface area contributed by atoms with E-state index in [0.29, 0.717) is 13.0 Å². The molecule has 0 amide bonds. The number of halogens is 2. The van der Waals surface area contributed by atoms with Gasteiger partial charge in [0.15, 0.2) is 5.96 Å². The fourth-order valence-electron chi connectivity index (χ4n) is 2.07. The Morgan fingerprint density at radius 2 is 1.79 bits per heavy atom. The van der Waals surface area contributed by atoms with Crippen molar-refractivity contribution < 1.29 is 9.53 Å². The van der Waals surface area contributed by atoms with Crippen molar-refractivity contribution in [2.45, 2.75) is 38.6 Å². The van der Waals surface area contributed by atoms with Crippen molar-refractivity contribution >= 4 is 47.5 Å². The van der Waals surface area contributed by atoms with Crippen LogP contribution >= 0.6 is 35.6 Å². The first kappa shape index (κ1) is 23.0. The van der Waals surface area contributed by atoms with Gasteiger partial charge in [-0.1, -0.05) is 36.6 Å². The van der Waals surface area contributed by atoms with Gasteiger partial charge in [-0.25, -0.2) is 0 Å². The number of aliphatic imine (C=N–C) groups is 1. The zero-order valence-corrected chi connectivity index (χ0v) is 17.4. The van der Waals surface area contributed by atoms with Crippen LogP contribution in [0.4, 0.5) is 0 Å². The van der Waals surface area contributed by atoms with E-state index in [1.54, 1.807) is 7.05 Å². The Hall–Kier alpha value is -1.02. The van der Waals surface area contributed by atoms with Gasteiger partial charge in [-0.05, 0) is 30.5 Å². The molecule has 0 unspecified atom stereocenters. The standard InChI is InChI=1S/C17H26ClN3O2.HI/c1-19-17(21-13-14-8-10-15(18)11-9-14)20-12-6-4-3-5-7-16(22)23-2;/h8-11H,3-7,12-13H2,1-2H3,(H2,19,20,21);1H. The van der Waals surface area contributed by atoms with E-state index in [0.717, 1.165) is 48.8 Å². The van der Waals surface area contributed by atoms with Gasteiger partial charge < -0.3 is 15.4 Å². The second kappa shape index (κ2) is 14.3. The van der Waals surface area contributed by atoms with E-state index < -0.39 is 0 Å². The summed E-state index contributed by atoms with van der Waals surface area (Å²) in [6.45, 7) is 1.56. The molecule has 0 radical (unpaired) electrons. The number of unbranched alkanes of at least 4 members (excludes halogenated alkanes) is 3. The van der Waals surface area contributed by atoms with Crippen LogP contribution in [0.2, 0.25) is 5.02 Å². The molecule has 0 saturated carbocycles. The quantitative estimate of drug-likeness (QED) is 0.191. The topological polar surface area (TPSA) is 62.7 Å². The van der Waals surface area contributed by atoms with Gasteiger partial charge in [0.05, 0.1) is 7.11 Å². The second-order valence-corrected chi connectivity index (χ2v) is 5.66. The molecule has 0 aromatic heterocycles. The van der Waals surface area contributed by atoms with Crippen LogP contribution in [0.3, 0.4) is 0 Å². The summed E-state index contributed by atoms with van der Waals surface area (Å²) < 4.78 is 4.61. The van der Waals surface area contributed by atoms with Gasteiger partial charge >= 0.3 is 5.97 Å². The molecule has 0 spiro atoms. The van der Waals surface area contributed by atoms with E-state index in [4.69, 9.17) is 11.6 Å². The van der Waals surface area contributed by atoms with Gasteiger partial charge in [-0.3, -0.25) is 9.79 Å². The van der Waals surface area contributed by atoms with Crippen LogP contribution in [0.15, 0.2) is 29.3 Å². The van der Waals surface area contributed by atoms with Crippen LogP contribution < -0.4 is 10.6 Å². The molecule has 5 nitrogen and oxygen atoms in total. The zero-order valence-electron chi connectivity index (χ0n) is 14.3. The third kappa shape index (κ3) is 10.7. The molecular weight excluding hydrogens is 441 g/mol. The number of ether oxygens (including phenoxy) is 1. The summed E-state index contributed by atoms with van der Waals surface area (Å²) in [7, 11) is 3.18. The van der Waals surface area contributed by atoms with Crippen molar-refractivity contribution in [1.29, 1.82) is 0 Å². The number of guanidine groups is 1. The number of hydrogen-bond acceptors (Lipinski definition) is 3. The maximum Gasteiger partial charge on any atom is 0.305 e. The molecule has 1 rings (SSSR count). The molecule has 0 heterocycles. The van der Waals surface area contributed by atoms with Crippen LogP contribution in [0.5, 0.6) is 0 Å². The molecule has 0 atom stereocenters. The van der Waals surface area contributed by atoms with Crippen LogP contribution in [0, 0.1) is 0 Å². The van der Waals surface area contributed by atoms with Crippen molar-refractivity contribution in [3.63, 3.8) is 0 Å². The van der Waals surface area contributed by atoms with E-state index in [1.807, 2.05) is 24.3 Å². The van der Waals surface area contributed by atoms with Gasteiger partial charge in [0.25, 0.3) is 0 Å². The Kier molecular flexibility index (Phi) is 13.7. The first-order valence-corrected chi connectivity index (χ1v) is 8.29. The van der Waals surface area contributed by atoms with Crippen molar-refractivity contribution in [3.05, 3.63) is 34.9 Å². The summed E-state index contributed by atoms with van der Waals surface area (Å²) in [5.74, 6) is 0.657. The lowest BCUT2D eigenvalue weighted by atomic mass is 10.1. The fraction of sp³-hybridized carbons (Fsp3) is 0.529. The molecular formula is C17H27ClIN3O2. The highest BCUT2D eigenvalue weighted by atomic mass is 127. The first-order valence-electron chi connectivity index (χ1n) is 7.91. The molecule has 0 aliphatic rings. The number of benzene rings is 1. The number of methoxy groups -OCH3 is 1. The minimum absolute atomic E-state index is 0. The van der Waals surface area contributed by atoms with Crippen molar-refractivity contribution in [3.8, 4) is 0 Å². The van der Waals surface area contributed by atoms with Crippen LogP contribution in [-0.4, -0.2) is 32.6 Å². The Bertz CT molecular complexity index is 495. The monoisotopic (exact) mass is 467 g/mol. The lowest BCUT2D eigenvalue weighted by molar-refractivity contribution is -0.140. The number of carbonyl (C=O) groups excluding carboxylic acids is 1. The smallest absolute Gasteiger partial charge is 0.305 e. The molecule has 7 heteroatoms. The van der Waals surface area contributed by atoms with Crippen molar-refractivity contribution in [1.82, 2.24) is 10.6 Å². The first-order chi connectivity index (χ1) is 11.2. The van der Waals surface area contributed by atoms with Crippen LogP contribution in [0.25, 0.3) is 0 Å². The maximum atomic E-state index is 11.0. The molecule has 0 aliphatic carbocycles. The van der Waals surface area contributed by atoms with Gasteiger partial charge in [0.1, 0.15) is 0 Å². The van der Waals surface area contributed by atoms with Crippen LogP contribution in [0.1, 0.15) is 37.7 Å². The highest BCUT2D eigenvalue weighted by Gasteiger charge is 2.00. The lowest BCUT2D eigenvalue weighted by Gasteiger charge is -2.12. The molecule has 136 valence electrons. The predicted molar refractivity (Wildman–Crippen MR) is 110 cm³/mol. The van der Waals surface area contributed by atoms with Gasteiger partial charge in [0.2, 0.25) is 0 Å². The molecule has 0 saturated heterocycles. The average Bonchev–Trinajstić information content (AvgIpc) is 2.57. The van der Waals surface area contributed by atoms with Gasteiger partial charge in [-0.2, -0.15) is 0 Å². The minimum Gasteiger partial charge on any atom is -0.469 e. The SMILES string of the molecule is CN=C(NCCCCCCC(=O)OC)NCc1ccc(Cl)cc1.I. The maximum absolute atomic E-state index is 11.0. The summed E-state index contributed by atoms with van der Waals surface area (Å²) in [5, 5.41) is 7.29. The van der Waals surface area contributed by atoms with Crippen molar-refractivity contribution in [2.75, 3.05) is 20.7 Å². The molecule has 24 heavy (non-hydrogen) atoms. The number of nitrogens with zero attached hydrogens (tertiary/aromatic N) is 1. The van der Waals surface area contributed by atoms with Crippen molar-refractivity contribution in [2.24, 2.45) is 4.99 Å².